The van der Waals surface area contributed by atoms with Gasteiger partial charge >= 0.3 is 0 Å². The molecule has 0 saturated carbocycles. The van der Waals surface area contributed by atoms with E-state index < -0.39 is 11.8 Å². The molecule has 1 aromatic carbocycles. The van der Waals surface area contributed by atoms with Crippen molar-refractivity contribution < 1.29 is 13.5 Å². The van der Waals surface area contributed by atoms with Crippen LogP contribution in [0, 0.1) is 6.57 Å². The first-order valence-electron chi connectivity index (χ1n) is 9.66. The van der Waals surface area contributed by atoms with E-state index in [0.717, 1.165) is 0 Å². The highest BCUT2D eigenvalue weighted by Crippen LogP contribution is 2.42. The fourth-order valence-corrected chi connectivity index (χ4v) is 3.77. The van der Waals surface area contributed by atoms with E-state index in [1.807, 2.05) is 0 Å². The Labute approximate surface area is 178 Å². The molecule has 2 aromatic heterocycles. The van der Waals surface area contributed by atoms with Crippen LogP contribution in [0.1, 0.15) is 17.9 Å². The largest absolute Gasteiger partial charge is 0.496 e. The van der Waals surface area contributed by atoms with Crippen LogP contribution in [0.15, 0.2) is 36.7 Å². The second-order valence-electron chi connectivity index (χ2n) is 7.46. The normalized spacial score (nSPS) is 18.4. The summed E-state index contributed by atoms with van der Waals surface area (Å²) in [5, 5.41) is 10.1. The van der Waals surface area contributed by atoms with E-state index in [1.54, 1.807) is 36.2 Å². The number of aromatic amines is 1. The second kappa shape index (κ2) is 8.28. The Kier molecular flexibility index (Phi) is 5.52. The van der Waals surface area contributed by atoms with Crippen molar-refractivity contribution in [2.24, 2.45) is 0 Å². The third-order valence-electron chi connectivity index (χ3n) is 5.29. The number of nitrogens with zero attached hydrogens (tertiary/aromatic N) is 5. The average Bonchev–Trinajstić information content (AvgIpc) is 3.21. The molecule has 10 heteroatoms. The van der Waals surface area contributed by atoms with E-state index in [1.165, 1.54) is 19.5 Å². The van der Waals surface area contributed by atoms with Crippen LogP contribution in [-0.2, 0) is 0 Å². The van der Waals surface area contributed by atoms with Gasteiger partial charge in [0.25, 0.3) is 11.7 Å². The van der Waals surface area contributed by atoms with E-state index in [9.17, 15) is 8.78 Å². The van der Waals surface area contributed by atoms with Gasteiger partial charge in [-0.15, -0.1) is 4.98 Å². The van der Waals surface area contributed by atoms with E-state index >= 15 is 0 Å². The Morgan fingerprint density at radius 2 is 2.10 bits per heavy atom. The first-order chi connectivity index (χ1) is 14.9. The fourth-order valence-electron chi connectivity index (χ4n) is 3.77. The SMILES string of the molecule is [C-]#[N+]c1cnc(Nc2cc(-c3ccc(C4CCN(C)CC4(F)F)cc3OC)[nH]n2)cn1. The number of hydrogen-bond donors (Lipinski definition) is 2. The minimum Gasteiger partial charge on any atom is -0.496 e. The monoisotopic (exact) mass is 425 g/mol. The standard InChI is InChI=1S/C21H21F2N7O/c1-24-19-10-26-20(11-25-19)27-18-9-16(28-29-18)14-5-4-13(8-17(14)31-3)15-6-7-30(2)12-21(15,22)23/h4-5,8-11,15H,6-7,12H2,2-3H3,(H2,26,27,28,29). The molecule has 8 nitrogen and oxygen atoms in total. The molecule has 1 saturated heterocycles. The molecule has 1 aliphatic rings. The van der Waals surface area contributed by atoms with Crippen molar-refractivity contribution in [3.05, 3.63) is 53.6 Å². The lowest BCUT2D eigenvalue weighted by Gasteiger charge is -2.36. The van der Waals surface area contributed by atoms with Gasteiger partial charge in [-0.2, -0.15) is 5.10 Å². The number of methoxy groups -OCH3 is 1. The molecule has 4 rings (SSSR count). The number of H-pyrrole nitrogens is 1. The molecule has 0 radical (unpaired) electrons. The summed E-state index contributed by atoms with van der Waals surface area (Å²) in [5.41, 5.74) is 1.93. The predicted molar refractivity (Wildman–Crippen MR) is 112 cm³/mol. The number of piperidine rings is 1. The number of ether oxygens (including phenoxy) is 1. The number of aromatic nitrogens is 4. The summed E-state index contributed by atoms with van der Waals surface area (Å²) in [5.74, 6) is -2.02. The summed E-state index contributed by atoms with van der Waals surface area (Å²) < 4.78 is 34.7. The predicted octanol–water partition coefficient (Wildman–Crippen LogP) is 4.22. The van der Waals surface area contributed by atoms with Crippen molar-refractivity contribution in [1.82, 2.24) is 25.1 Å². The van der Waals surface area contributed by atoms with Crippen LogP contribution in [0.4, 0.5) is 26.2 Å². The fraction of sp³-hybridized carbons (Fsp3) is 0.333. The third kappa shape index (κ3) is 4.32. The Morgan fingerprint density at radius 1 is 1.26 bits per heavy atom. The molecule has 2 N–H and O–H groups in total. The summed E-state index contributed by atoms with van der Waals surface area (Å²) in [6.07, 6.45) is 3.19. The average molecular weight is 425 g/mol. The van der Waals surface area contributed by atoms with Crippen molar-refractivity contribution in [3.8, 4) is 17.0 Å². The molecule has 31 heavy (non-hydrogen) atoms. The van der Waals surface area contributed by atoms with Crippen LogP contribution in [-0.4, -0.2) is 58.2 Å². The molecule has 3 heterocycles. The molecule has 3 aromatic rings. The number of nitrogens with one attached hydrogen (secondary N) is 2. The Hall–Kier alpha value is -3.58. The van der Waals surface area contributed by atoms with Crippen LogP contribution < -0.4 is 10.1 Å². The highest BCUT2D eigenvalue weighted by molar-refractivity contribution is 5.71. The Morgan fingerprint density at radius 3 is 2.77 bits per heavy atom. The number of likely N-dealkylation sites (tertiary alicyclic amines) is 1. The van der Waals surface area contributed by atoms with E-state index in [-0.39, 0.29) is 12.4 Å². The van der Waals surface area contributed by atoms with Gasteiger partial charge in [0.05, 0.1) is 31.5 Å². The van der Waals surface area contributed by atoms with Crippen LogP contribution in [0.25, 0.3) is 16.1 Å². The van der Waals surface area contributed by atoms with E-state index in [4.69, 9.17) is 11.3 Å². The van der Waals surface area contributed by atoms with Crippen LogP contribution in [0.5, 0.6) is 5.75 Å². The molecular weight excluding hydrogens is 404 g/mol. The molecule has 160 valence electrons. The molecule has 0 amide bonds. The smallest absolute Gasteiger partial charge is 0.288 e. The summed E-state index contributed by atoms with van der Waals surface area (Å²) >= 11 is 0. The second-order valence-corrected chi connectivity index (χ2v) is 7.46. The first-order valence-corrected chi connectivity index (χ1v) is 9.66. The van der Waals surface area contributed by atoms with Crippen molar-refractivity contribution in [2.45, 2.75) is 18.3 Å². The third-order valence-corrected chi connectivity index (χ3v) is 5.29. The van der Waals surface area contributed by atoms with Gasteiger partial charge in [-0.1, -0.05) is 12.6 Å². The van der Waals surface area contributed by atoms with Gasteiger partial charge in [0.2, 0.25) is 0 Å². The summed E-state index contributed by atoms with van der Waals surface area (Å²) in [4.78, 5) is 12.9. The van der Waals surface area contributed by atoms with Crippen LogP contribution >= 0.6 is 0 Å². The van der Waals surface area contributed by atoms with Gasteiger partial charge in [0.1, 0.15) is 5.75 Å². The summed E-state index contributed by atoms with van der Waals surface area (Å²) in [6, 6.07) is 6.93. The minimum absolute atomic E-state index is 0.202. The van der Waals surface area contributed by atoms with Crippen molar-refractivity contribution in [1.29, 1.82) is 0 Å². The maximum absolute atomic E-state index is 14.6. The minimum atomic E-state index is -2.80. The quantitative estimate of drug-likeness (QED) is 0.596. The zero-order chi connectivity index (χ0) is 22.0. The lowest BCUT2D eigenvalue weighted by Crippen LogP contribution is -2.45. The molecule has 0 spiro atoms. The highest BCUT2D eigenvalue weighted by Gasteiger charge is 2.44. The van der Waals surface area contributed by atoms with Gasteiger partial charge in [-0.05, 0) is 37.7 Å². The Balaban J connectivity index is 1.57. The number of hydrogen-bond acceptors (Lipinski definition) is 6. The molecule has 1 aliphatic heterocycles. The molecule has 1 unspecified atom stereocenters. The van der Waals surface area contributed by atoms with Gasteiger partial charge in [0, 0.05) is 11.6 Å². The lowest BCUT2D eigenvalue weighted by molar-refractivity contribution is -0.0765. The van der Waals surface area contributed by atoms with E-state index in [2.05, 4.69) is 30.3 Å². The summed E-state index contributed by atoms with van der Waals surface area (Å²) in [6.45, 7) is 7.28. The zero-order valence-corrected chi connectivity index (χ0v) is 17.1. The topological polar surface area (TPSA) is 83.3 Å². The lowest BCUT2D eigenvalue weighted by atomic mass is 9.85. The number of alkyl halides is 2. The molecule has 1 fully saturated rings. The number of anilines is 2. The van der Waals surface area contributed by atoms with Gasteiger partial charge in [-0.3, -0.25) is 5.10 Å². The maximum Gasteiger partial charge on any atom is 0.288 e. The zero-order valence-electron chi connectivity index (χ0n) is 17.1. The maximum atomic E-state index is 14.6. The van der Waals surface area contributed by atoms with Crippen molar-refractivity contribution in [3.63, 3.8) is 0 Å². The summed E-state index contributed by atoms with van der Waals surface area (Å²) in [7, 11) is 3.22. The molecule has 0 aliphatic carbocycles. The van der Waals surface area contributed by atoms with Crippen LogP contribution in [0.3, 0.4) is 0 Å². The van der Waals surface area contributed by atoms with Gasteiger partial charge < -0.3 is 19.8 Å². The molecule has 0 bridgehead atoms. The first kappa shape index (κ1) is 20.7. The van der Waals surface area contributed by atoms with Crippen molar-refractivity contribution in [2.75, 3.05) is 32.6 Å². The Bertz CT molecular complexity index is 1110. The number of halogens is 2. The highest BCUT2D eigenvalue weighted by atomic mass is 19.3. The van der Waals surface area contributed by atoms with Gasteiger partial charge in [-0.25, -0.2) is 13.8 Å². The van der Waals surface area contributed by atoms with Crippen molar-refractivity contribution >= 4 is 17.5 Å². The number of rotatable bonds is 5. The number of benzene rings is 1. The van der Waals surface area contributed by atoms with Gasteiger partial charge in [0.15, 0.2) is 17.8 Å². The van der Waals surface area contributed by atoms with Crippen LogP contribution in [0.2, 0.25) is 0 Å². The van der Waals surface area contributed by atoms with E-state index in [0.29, 0.717) is 47.2 Å². The molecule has 1 atom stereocenters. The molecular formula is C21H21F2N7O.